The third-order valence-corrected chi connectivity index (χ3v) is 5.15. The highest BCUT2D eigenvalue weighted by Gasteiger charge is 2.23. The smallest absolute Gasteiger partial charge is 0.0487 e. The normalized spacial score (nSPS) is 17.0. The van der Waals surface area contributed by atoms with E-state index < -0.39 is 0 Å². The average molecular weight is 355 g/mol. The van der Waals surface area contributed by atoms with E-state index in [9.17, 15) is 0 Å². The summed E-state index contributed by atoms with van der Waals surface area (Å²) in [6, 6.07) is 19.0. The zero-order valence-corrected chi connectivity index (χ0v) is 15.5. The third kappa shape index (κ3) is 5.43. The van der Waals surface area contributed by atoms with E-state index in [1.54, 1.807) is 0 Å². The Morgan fingerprint density at radius 3 is 2.44 bits per heavy atom. The number of nitrogens with one attached hydrogen (secondary N) is 1. The van der Waals surface area contributed by atoms with Crippen molar-refractivity contribution < 1.29 is 0 Å². The Hall–Kier alpha value is -1.61. The van der Waals surface area contributed by atoms with E-state index in [-0.39, 0.29) is 0 Å². The van der Waals surface area contributed by atoms with Gasteiger partial charge in [-0.1, -0.05) is 78.7 Å². The maximum atomic E-state index is 6.49. The summed E-state index contributed by atoms with van der Waals surface area (Å²) < 4.78 is 0. The summed E-state index contributed by atoms with van der Waals surface area (Å²) in [5.74, 6) is 0. The number of hydrogen-bond donors (Lipinski definition) is 1. The minimum atomic E-state index is 0.346. The Labute approximate surface area is 156 Å². The van der Waals surface area contributed by atoms with E-state index in [2.05, 4.69) is 58.8 Å². The van der Waals surface area contributed by atoms with Crippen molar-refractivity contribution in [3.8, 4) is 0 Å². The van der Waals surface area contributed by atoms with Gasteiger partial charge in [0.2, 0.25) is 0 Å². The van der Waals surface area contributed by atoms with Gasteiger partial charge in [-0.05, 0) is 43.1 Å². The van der Waals surface area contributed by atoms with Crippen LogP contribution in [0.1, 0.15) is 36.4 Å². The molecule has 2 aromatic carbocycles. The number of likely N-dealkylation sites (tertiary alicyclic amines) is 1. The summed E-state index contributed by atoms with van der Waals surface area (Å²) in [5, 5.41) is 4.47. The molecule has 0 spiro atoms. The lowest BCUT2D eigenvalue weighted by molar-refractivity contribution is 0.161. The first-order chi connectivity index (χ1) is 12.3. The van der Waals surface area contributed by atoms with E-state index in [0.717, 1.165) is 31.2 Å². The standard InChI is InChI=1S/C22H27ClN2/c23-21-14-6-5-13-20(21)22(25-16-7-2-8-17-25)18-24-15-9-12-19-10-3-1-4-11-19/h1,3-6,9-14,22,24H,2,7-8,15-18H2/b12-9+. The molecule has 1 aliphatic heterocycles. The zero-order chi connectivity index (χ0) is 17.3. The molecule has 1 heterocycles. The predicted octanol–water partition coefficient (Wildman–Crippen LogP) is 5.17. The largest absolute Gasteiger partial charge is 0.311 e. The van der Waals surface area contributed by atoms with Gasteiger partial charge in [-0.25, -0.2) is 0 Å². The molecule has 0 radical (unpaired) electrons. The fourth-order valence-corrected chi connectivity index (χ4v) is 3.74. The monoisotopic (exact) mass is 354 g/mol. The van der Waals surface area contributed by atoms with Gasteiger partial charge in [-0.3, -0.25) is 4.90 Å². The molecule has 0 aliphatic carbocycles. The first-order valence-corrected chi connectivity index (χ1v) is 9.63. The second-order valence-electron chi connectivity index (χ2n) is 6.61. The highest BCUT2D eigenvalue weighted by Crippen LogP contribution is 2.29. The summed E-state index contributed by atoms with van der Waals surface area (Å²) >= 11 is 6.49. The molecular formula is C22H27ClN2. The van der Waals surface area contributed by atoms with Gasteiger partial charge in [-0.15, -0.1) is 0 Å². The van der Waals surface area contributed by atoms with E-state index >= 15 is 0 Å². The molecule has 0 bridgehead atoms. The molecule has 1 saturated heterocycles. The van der Waals surface area contributed by atoms with Crippen LogP contribution in [-0.4, -0.2) is 31.1 Å². The topological polar surface area (TPSA) is 15.3 Å². The molecule has 1 fully saturated rings. The van der Waals surface area contributed by atoms with Crippen molar-refractivity contribution in [1.29, 1.82) is 0 Å². The van der Waals surface area contributed by atoms with Gasteiger partial charge in [0.1, 0.15) is 0 Å². The third-order valence-electron chi connectivity index (χ3n) is 4.81. The number of benzene rings is 2. The average Bonchev–Trinajstić information content (AvgIpc) is 2.67. The molecule has 1 N–H and O–H groups in total. The van der Waals surface area contributed by atoms with E-state index in [1.807, 2.05) is 18.2 Å². The van der Waals surface area contributed by atoms with E-state index in [1.165, 1.54) is 30.4 Å². The fourth-order valence-electron chi connectivity index (χ4n) is 3.47. The number of halogens is 1. The number of nitrogens with zero attached hydrogens (tertiary/aromatic N) is 1. The van der Waals surface area contributed by atoms with Crippen molar-refractivity contribution in [2.45, 2.75) is 25.3 Å². The molecule has 25 heavy (non-hydrogen) atoms. The van der Waals surface area contributed by atoms with Crippen molar-refractivity contribution in [3.63, 3.8) is 0 Å². The predicted molar refractivity (Wildman–Crippen MR) is 108 cm³/mol. The Bertz CT molecular complexity index is 663. The number of piperidine rings is 1. The van der Waals surface area contributed by atoms with Gasteiger partial charge in [-0.2, -0.15) is 0 Å². The van der Waals surface area contributed by atoms with Crippen molar-refractivity contribution in [3.05, 3.63) is 76.8 Å². The minimum Gasteiger partial charge on any atom is -0.311 e. The Morgan fingerprint density at radius 2 is 1.68 bits per heavy atom. The number of rotatable bonds is 7. The Morgan fingerprint density at radius 1 is 0.960 bits per heavy atom. The molecule has 132 valence electrons. The molecule has 2 nitrogen and oxygen atoms in total. The zero-order valence-electron chi connectivity index (χ0n) is 14.7. The minimum absolute atomic E-state index is 0.346. The Balaban J connectivity index is 1.60. The van der Waals surface area contributed by atoms with Gasteiger partial charge in [0.05, 0.1) is 0 Å². The van der Waals surface area contributed by atoms with Crippen LogP contribution in [0.4, 0.5) is 0 Å². The summed E-state index contributed by atoms with van der Waals surface area (Å²) in [6.07, 6.45) is 8.27. The van der Waals surface area contributed by atoms with E-state index in [4.69, 9.17) is 11.6 Å². The van der Waals surface area contributed by atoms with Gasteiger partial charge in [0.15, 0.2) is 0 Å². The second-order valence-corrected chi connectivity index (χ2v) is 7.01. The quantitative estimate of drug-likeness (QED) is 0.690. The first-order valence-electron chi connectivity index (χ1n) is 9.25. The van der Waals surface area contributed by atoms with Crippen LogP contribution in [0.25, 0.3) is 6.08 Å². The van der Waals surface area contributed by atoms with Crippen LogP contribution in [0, 0.1) is 0 Å². The molecule has 0 saturated carbocycles. The lowest BCUT2D eigenvalue weighted by Gasteiger charge is -2.35. The highest BCUT2D eigenvalue weighted by molar-refractivity contribution is 6.31. The summed E-state index contributed by atoms with van der Waals surface area (Å²) in [4.78, 5) is 2.58. The molecular weight excluding hydrogens is 328 g/mol. The van der Waals surface area contributed by atoms with Crippen LogP contribution >= 0.6 is 11.6 Å². The molecule has 1 aliphatic rings. The Kier molecular flexibility index (Phi) is 7.10. The summed E-state index contributed by atoms with van der Waals surface area (Å²) in [7, 11) is 0. The van der Waals surface area contributed by atoms with Crippen LogP contribution in [0.3, 0.4) is 0 Å². The van der Waals surface area contributed by atoms with Crippen LogP contribution in [0.2, 0.25) is 5.02 Å². The van der Waals surface area contributed by atoms with Crippen molar-refractivity contribution >= 4 is 17.7 Å². The van der Waals surface area contributed by atoms with Crippen LogP contribution in [0.15, 0.2) is 60.7 Å². The van der Waals surface area contributed by atoms with Crippen LogP contribution in [-0.2, 0) is 0 Å². The number of hydrogen-bond acceptors (Lipinski definition) is 2. The van der Waals surface area contributed by atoms with E-state index in [0.29, 0.717) is 6.04 Å². The summed E-state index contributed by atoms with van der Waals surface area (Å²) in [5.41, 5.74) is 2.48. The molecule has 1 atom stereocenters. The van der Waals surface area contributed by atoms with Gasteiger partial charge in [0.25, 0.3) is 0 Å². The molecule has 0 amide bonds. The van der Waals surface area contributed by atoms with Gasteiger partial charge < -0.3 is 5.32 Å². The molecule has 0 aromatic heterocycles. The first kappa shape index (κ1) is 18.2. The lowest BCUT2D eigenvalue weighted by atomic mass is 10.0. The lowest BCUT2D eigenvalue weighted by Crippen LogP contribution is -2.39. The van der Waals surface area contributed by atoms with Gasteiger partial charge in [0, 0.05) is 24.2 Å². The molecule has 1 unspecified atom stereocenters. The van der Waals surface area contributed by atoms with Crippen molar-refractivity contribution in [2.24, 2.45) is 0 Å². The van der Waals surface area contributed by atoms with Crippen LogP contribution in [0.5, 0.6) is 0 Å². The maximum absolute atomic E-state index is 6.49. The highest BCUT2D eigenvalue weighted by atomic mass is 35.5. The fraction of sp³-hybridized carbons (Fsp3) is 0.364. The maximum Gasteiger partial charge on any atom is 0.0487 e. The van der Waals surface area contributed by atoms with Crippen molar-refractivity contribution in [1.82, 2.24) is 10.2 Å². The van der Waals surface area contributed by atoms with Crippen molar-refractivity contribution in [2.75, 3.05) is 26.2 Å². The summed E-state index contributed by atoms with van der Waals surface area (Å²) in [6.45, 7) is 4.11. The van der Waals surface area contributed by atoms with Crippen LogP contribution < -0.4 is 5.32 Å². The molecule has 3 heteroatoms. The second kappa shape index (κ2) is 9.76. The van der Waals surface area contributed by atoms with Gasteiger partial charge >= 0.3 is 0 Å². The SMILES string of the molecule is Clc1ccccc1C(CNC/C=C/c1ccccc1)N1CCCCC1. The molecule has 3 rings (SSSR count). The molecule has 2 aromatic rings.